The van der Waals surface area contributed by atoms with Gasteiger partial charge in [0, 0.05) is 49.8 Å². The van der Waals surface area contributed by atoms with Crippen LogP contribution in [0.3, 0.4) is 0 Å². The molecule has 0 aliphatic heterocycles. The van der Waals surface area contributed by atoms with E-state index in [1.807, 2.05) is 66.3 Å². The number of nitrogens with zero attached hydrogens (tertiary/aromatic N) is 2. The molecular weight excluding hydrogens is 338 g/mol. The first kappa shape index (κ1) is 18.5. The third kappa shape index (κ3) is 4.08. The summed E-state index contributed by atoms with van der Waals surface area (Å²) in [6.45, 7) is 2.50. The molecule has 3 rings (SSSR count). The zero-order valence-corrected chi connectivity index (χ0v) is 15.8. The zero-order valence-electron chi connectivity index (χ0n) is 15.8. The van der Waals surface area contributed by atoms with Crippen LogP contribution in [0, 0.1) is 6.92 Å². The molecule has 138 valence electrons. The van der Waals surface area contributed by atoms with Crippen molar-refractivity contribution in [1.82, 2.24) is 14.8 Å². The molecule has 0 aliphatic carbocycles. The predicted octanol–water partition coefficient (Wildman–Crippen LogP) is 3.42. The van der Waals surface area contributed by atoms with Crippen molar-refractivity contribution < 1.29 is 9.59 Å². The fourth-order valence-corrected chi connectivity index (χ4v) is 2.99. The highest BCUT2D eigenvalue weighted by molar-refractivity contribution is 5.95. The molecule has 1 aromatic heterocycles. The maximum Gasteiger partial charge on any atom is 0.253 e. The van der Waals surface area contributed by atoms with E-state index in [9.17, 15) is 9.59 Å². The van der Waals surface area contributed by atoms with Gasteiger partial charge in [0.15, 0.2) is 0 Å². The van der Waals surface area contributed by atoms with Gasteiger partial charge in [0.1, 0.15) is 0 Å². The smallest absolute Gasteiger partial charge is 0.253 e. The Morgan fingerprint density at radius 2 is 1.63 bits per heavy atom. The number of rotatable bonds is 5. The Morgan fingerprint density at radius 1 is 1.00 bits per heavy atom. The molecule has 0 fully saturated rings. The largest absolute Gasteiger partial charge is 0.355 e. The van der Waals surface area contributed by atoms with E-state index in [1.165, 1.54) is 0 Å². The van der Waals surface area contributed by atoms with Crippen molar-refractivity contribution >= 4 is 11.8 Å². The van der Waals surface area contributed by atoms with Crippen LogP contribution in [-0.4, -0.2) is 35.4 Å². The summed E-state index contributed by atoms with van der Waals surface area (Å²) in [5.74, 6) is -0.165. The van der Waals surface area contributed by atoms with Crippen LogP contribution in [-0.2, 0) is 6.54 Å². The fraction of sp³-hybridized carbons (Fsp3) is 0.182. The van der Waals surface area contributed by atoms with Crippen LogP contribution in [0.1, 0.15) is 31.8 Å². The van der Waals surface area contributed by atoms with Crippen LogP contribution in [0.5, 0.6) is 0 Å². The minimum absolute atomic E-state index is 0.0428. The lowest BCUT2D eigenvalue weighted by molar-refractivity contribution is 0.0784. The van der Waals surface area contributed by atoms with E-state index in [0.717, 1.165) is 16.8 Å². The Kier molecular flexibility index (Phi) is 5.41. The van der Waals surface area contributed by atoms with Crippen molar-refractivity contribution in [3.8, 4) is 5.69 Å². The Morgan fingerprint density at radius 3 is 2.26 bits per heavy atom. The Labute approximate surface area is 159 Å². The lowest BCUT2D eigenvalue weighted by atomic mass is 10.1. The van der Waals surface area contributed by atoms with Crippen LogP contribution in [0.4, 0.5) is 0 Å². The minimum atomic E-state index is -0.122. The Hall–Kier alpha value is -3.34. The van der Waals surface area contributed by atoms with Gasteiger partial charge >= 0.3 is 0 Å². The molecule has 0 unspecified atom stereocenters. The summed E-state index contributed by atoms with van der Waals surface area (Å²) >= 11 is 0. The van der Waals surface area contributed by atoms with Crippen molar-refractivity contribution in [3.05, 3.63) is 89.2 Å². The summed E-state index contributed by atoms with van der Waals surface area (Å²) in [5.41, 5.74) is 4.32. The fourth-order valence-electron chi connectivity index (χ4n) is 2.99. The molecule has 0 aliphatic rings. The predicted molar refractivity (Wildman–Crippen MR) is 106 cm³/mol. The van der Waals surface area contributed by atoms with Gasteiger partial charge in [0.2, 0.25) is 0 Å². The summed E-state index contributed by atoms with van der Waals surface area (Å²) in [4.78, 5) is 26.2. The van der Waals surface area contributed by atoms with Gasteiger partial charge in [-0.15, -0.1) is 0 Å². The van der Waals surface area contributed by atoms with E-state index in [0.29, 0.717) is 17.7 Å². The van der Waals surface area contributed by atoms with Crippen LogP contribution in [0.25, 0.3) is 5.69 Å². The average Bonchev–Trinajstić information content (AvgIpc) is 3.22. The number of aryl methyl sites for hydroxylation is 1. The second-order valence-electron chi connectivity index (χ2n) is 6.53. The van der Waals surface area contributed by atoms with E-state index in [1.54, 1.807) is 31.1 Å². The van der Waals surface area contributed by atoms with E-state index in [4.69, 9.17) is 0 Å². The van der Waals surface area contributed by atoms with Gasteiger partial charge in [-0.05, 0) is 54.4 Å². The highest BCUT2D eigenvalue weighted by atomic mass is 16.2. The number of hydrogen-bond acceptors (Lipinski definition) is 2. The van der Waals surface area contributed by atoms with Crippen molar-refractivity contribution in [1.29, 1.82) is 0 Å². The highest BCUT2D eigenvalue weighted by Crippen LogP contribution is 2.18. The van der Waals surface area contributed by atoms with Gasteiger partial charge in [0.05, 0.1) is 0 Å². The number of nitrogens with one attached hydrogen (secondary N) is 1. The molecule has 0 radical (unpaired) electrons. The molecule has 5 nitrogen and oxygen atoms in total. The number of carbonyl (C=O) groups excluding carboxylic acids is 2. The number of carbonyl (C=O) groups is 2. The first-order valence-electron chi connectivity index (χ1n) is 8.80. The van der Waals surface area contributed by atoms with E-state index >= 15 is 0 Å². The third-order valence-corrected chi connectivity index (χ3v) is 4.55. The first-order valence-corrected chi connectivity index (χ1v) is 8.80. The molecule has 2 aromatic carbocycles. The molecule has 2 amide bonds. The monoisotopic (exact) mass is 361 g/mol. The molecule has 1 heterocycles. The van der Waals surface area contributed by atoms with E-state index in [-0.39, 0.29) is 11.8 Å². The van der Waals surface area contributed by atoms with Gasteiger partial charge in [-0.3, -0.25) is 9.59 Å². The van der Waals surface area contributed by atoms with Crippen LogP contribution >= 0.6 is 0 Å². The number of hydrogen-bond donors (Lipinski definition) is 1. The van der Waals surface area contributed by atoms with Crippen molar-refractivity contribution in [2.45, 2.75) is 13.5 Å². The lowest BCUT2D eigenvalue weighted by Crippen LogP contribution is -2.26. The topological polar surface area (TPSA) is 54.3 Å². The molecule has 1 N–H and O–H groups in total. The molecule has 5 heteroatoms. The van der Waals surface area contributed by atoms with E-state index < -0.39 is 0 Å². The molecular formula is C22H23N3O2. The van der Waals surface area contributed by atoms with Crippen LogP contribution in [0.15, 0.2) is 67.0 Å². The number of aromatic nitrogens is 1. The molecule has 0 spiro atoms. The quantitative estimate of drug-likeness (QED) is 0.757. The van der Waals surface area contributed by atoms with Crippen LogP contribution in [0.2, 0.25) is 0 Å². The van der Waals surface area contributed by atoms with Gasteiger partial charge in [0.25, 0.3) is 11.8 Å². The average molecular weight is 361 g/mol. The second kappa shape index (κ2) is 7.91. The van der Waals surface area contributed by atoms with Crippen molar-refractivity contribution in [3.63, 3.8) is 0 Å². The summed E-state index contributed by atoms with van der Waals surface area (Å²) in [6, 6.07) is 16.9. The SMILES string of the molecule is CNC(=O)c1ccc(CN(C)C(=O)c2ccc(C)c(-n3cccc3)c2)cc1. The lowest BCUT2D eigenvalue weighted by Gasteiger charge is -2.19. The molecule has 27 heavy (non-hydrogen) atoms. The van der Waals surface area contributed by atoms with Gasteiger partial charge in [-0.2, -0.15) is 0 Å². The molecule has 3 aromatic rings. The van der Waals surface area contributed by atoms with Gasteiger partial charge in [-0.25, -0.2) is 0 Å². The summed E-state index contributed by atoms with van der Waals surface area (Å²) < 4.78 is 2.00. The van der Waals surface area contributed by atoms with Crippen molar-refractivity contribution in [2.75, 3.05) is 14.1 Å². The number of benzene rings is 2. The molecule has 0 saturated heterocycles. The maximum absolute atomic E-state index is 12.9. The van der Waals surface area contributed by atoms with Gasteiger partial charge < -0.3 is 14.8 Å². The summed E-state index contributed by atoms with van der Waals surface area (Å²) in [5, 5.41) is 2.60. The van der Waals surface area contributed by atoms with E-state index in [2.05, 4.69) is 5.32 Å². The number of amides is 2. The van der Waals surface area contributed by atoms with Crippen LogP contribution < -0.4 is 5.32 Å². The van der Waals surface area contributed by atoms with Gasteiger partial charge in [-0.1, -0.05) is 18.2 Å². The molecule has 0 saturated carbocycles. The Balaban J connectivity index is 1.76. The zero-order chi connectivity index (χ0) is 19.4. The third-order valence-electron chi connectivity index (χ3n) is 4.55. The van der Waals surface area contributed by atoms with Crippen molar-refractivity contribution in [2.24, 2.45) is 0 Å². The first-order chi connectivity index (χ1) is 13.0. The Bertz CT molecular complexity index is 944. The highest BCUT2D eigenvalue weighted by Gasteiger charge is 2.14. The minimum Gasteiger partial charge on any atom is -0.355 e. The molecule has 0 atom stereocenters. The summed E-state index contributed by atoms with van der Waals surface area (Å²) in [6.07, 6.45) is 3.93. The standard InChI is InChI=1S/C22H23N3O2/c1-16-6-9-19(14-20(16)25-12-4-5-13-25)22(27)24(3)15-17-7-10-18(11-8-17)21(26)23-2/h4-14H,15H2,1-3H3,(H,23,26). The maximum atomic E-state index is 12.9. The molecule has 0 bridgehead atoms. The summed E-state index contributed by atoms with van der Waals surface area (Å²) in [7, 11) is 3.39. The second-order valence-corrected chi connectivity index (χ2v) is 6.53. The normalized spacial score (nSPS) is 10.5.